The van der Waals surface area contributed by atoms with Crippen LogP contribution < -0.4 is 26.6 Å². The first kappa shape index (κ1) is 43.3. The summed E-state index contributed by atoms with van der Waals surface area (Å²) in [5.74, 6) is -2.06. The zero-order valence-electron chi connectivity index (χ0n) is 35.8. The molecule has 14 nitrogen and oxygen atoms in total. The van der Waals surface area contributed by atoms with Crippen LogP contribution in [0.15, 0.2) is 43.0 Å². The van der Waals surface area contributed by atoms with Gasteiger partial charge in [-0.05, 0) is 111 Å². The number of nitrogens with one attached hydrogen (secondary N) is 5. The molecule has 7 amide bonds. The Bertz CT molecular complexity index is 1810. The Labute approximate surface area is 354 Å². The van der Waals surface area contributed by atoms with Gasteiger partial charge in [0.1, 0.15) is 18.1 Å². The van der Waals surface area contributed by atoms with E-state index in [1.54, 1.807) is 55.4 Å². The second kappa shape index (κ2) is 17.7. The second-order valence-electron chi connectivity index (χ2n) is 19.7. The third kappa shape index (κ3) is 9.12. The van der Waals surface area contributed by atoms with Gasteiger partial charge >= 0.3 is 6.03 Å². The molecule has 1 aliphatic heterocycles. The molecule has 14 heteroatoms. The van der Waals surface area contributed by atoms with Gasteiger partial charge in [-0.3, -0.25) is 28.8 Å². The van der Waals surface area contributed by atoms with Gasteiger partial charge in [0.25, 0.3) is 5.91 Å². The van der Waals surface area contributed by atoms with Crippen LogP contribution in [0, 0.1) is 40.9 Å². The number of urea groups is 1. The Morgan fingerprint density at radius 1 is 0.883 bits per heavy atom. The molecule has 7 fully saturated rings. The van der Waals surface area contributed by atoms with Crippen molar-refractivity contribution in [2.45, 2.75) is 127 Å². The topological polar surface area (TPSA) is 186 Å². The fourth-order valence-corrected chi connectivity index (χ4v) is 12.1. The lowest BCUT2D eigenvalue weighted by Crippen LogP contribution is -2.64. The smallest absolute Gasteiger partial charge is 0.315 e. The normalized spacial score (nSPS) is 29.8. The van der Waals surface area contributed by atoms with E-state index < -0.39 is 54.2 Å². The van der Waals surface area contributed by atoms with Gasteiger partial charge < -0.3 is 36.4 Å². The Kier molecular flexibility index (Phi) is 12.8. The number of hydrogen-bond donors (Lipinski definition) is 5. The fraction of sp³-hybridized carbons (Fsp3) is 0.674. The number of piperidine rings is 1. The van der Waals surface area contributed by atoms with Crippen LogP contribution in [-0.4, -0.2) is 102 Å². The van der Waals surface area contributed by atoms with Crippen LogP contribution >= 0.6 is 0 Å². The van der Waals surface area contributed by atoms with E-state index in [0.29, 0.717) is 36.3 Å². The minimum atomic E-state index is -1.25. The van der Waals surface area contributed by atoms with Crippen LogP contribution in [0.2, 0.25) is 0 Å². The van der Waals surface area contributed by atoms with E-state index in [1.807, 2.05) is 0 Å². The summed E-state index contributed by atoms with van der Waals surface area (Å²) in [6, 6.07) is 4.45. The number of likely N-dealkylation sites (N-methyl/N-ethyl adjacent to an activating group) is 1. The number of benzene rings is 1. The molecule has 326 valence electrons. The molecule has 4 bridgehead atoms. The van der Waals surface area contributed by atoms with Crippen LogP contribution in [0.25, 0.3) is 0 Å². The highest BCUT2D eigenvalue weighted by molar-refractivity contribution is 6.38. The predicted octanol–water partition coefficient (Wildman–Crippen LogP) is 3.77. The third-order valence-electron chi connectivity index (χ3n) is 14.9. The first-order valence-electron chi connectivity index (χ1n) is 22.3. The summed E-state index contributed by atoms with van der Waals surface area (Å²) in [6.45, 7) is 7.68. The molecule has 0 radical (unpaired) electrons. The maximum atomic E-state index is 14.8. The van der Waals surface area contributed by atoms with Crippen LogP contribution in [0.3, 0.4) is 0 Å². The van der Waals surface area contributed by atoms with Crippen LogP contribution in [0.5, 0.6) is 0 Å². The van der Waals surface area contributed by atoms with Gasteiger partial charge in [-0.2, -0.15) is 0 Å². The Morgan fingerprint density at radius 2 is 1.52 bits per heavy atom. The molecular weight excluding hydrogens is 763 g/mol. The zero-order chi connectivity index (χ0) is 42.9. The Hall–Kier alpha value is -4.75. The molecule has 7 aliphatic rings. The van der Waals surface area contributed by atoms with Crippen LogP contribution in [-0.2, 0) is 28.8 Å². The molecule has 1 aromatic carbocycles. The first-order chi connectivity index (χ1) is 28.6. The lowest BCUT2D eigenvalue weighted by Gasteiger charge is -2.56. The van der Waals surface area contributed by atoms with Gasteiger partial charge in [0.2, 0.25) is 29.4 Å². The molecule has 6 aliphatic carbocycles. The van der Waals surface area contributed by atoms with Crippen molar-refractivity contribution in [2.75, 3.05) is 27.2 Å². The molecular formula is C46H65N7O7. The van der Waals surface area contributed by atoms with Gasteiger partial charge in [0.15, 0.2) is 0 Å². The summed E-state index contributed by atoms with van der Waals surface area (Å²) >= 11 is 0. The predicted molar refractivity (Wildman–Crippen MR) is 225 cm³/mol. The summed E-state index contributed by atoms with van der Waals surface area (Å²) in [7, 11) is 3.14. The molecule has 8 rings (SSSR count). The van der Waals surface area contributed by atoms with Crippen molar-refractivity contribution < 1.29 is 33.6 Å². The first-order valence-corrected chi connectivity index (χ1v) is 22.3. The van der Waals surface area contributed by atoms with Crippen molar-refractivity contribution in [2.24, 2.45) is 40.9 Å². The van der Waals surface area contributed by atoms with Gasteiger partial charge in [-0.25, -0.2) is 4.79 Å². The summed E-state index contributed by atoms with van der Waals surface area (Å²) in [5, 5.41) is 14.4. The van der Waals surface area contributed by atoms with Gasteiger partial charge in [-0.15, -0.1) is 6.58 Å². The summed E-state index contributed by atoms with van der Waals surface area (Å²) in [4.78, 5) is 99.1. The number of likely N-dealkylation sites (tertiary alicyclic amines) is 1. The number of carbonyl (C=O) groups is 7. The maximum Gasteiger partial charge on any atom is 0.315 e. The van der Waals surface area contributed by atoms with E-state index in [0.717, 1.165) is 51.4 Å². The standard InChI is InChI=1S/C46H65N7O7/c1-6-7-18-33(39(55)41(57)47-25-34(54)49-36(42(58)52(4)5)30-14-10-8-11-15-30)48-40(56)38-35-32(45(35,2)3)26-53(38)43(59)37(31-16-12-9-13-17-31)50-44(60)51-46-22-27-19-28(23-46)21-29(20-27)24-46/h6,8,10-11,14-15,27-29,31-33,35-38H,1,7,9,12-13,16-26H2,2-5H3,(H,47,57)(H,48,56)(H,49,54)(H2,50,51,60)/t27?,28?,29?,32-,33?,35-,36-,37-,38-,46?/m0/s1. The van der Waals surface area contributed by atoms with E-state index in [1.165, 1.54) is 24.2 Å². The molecule has 1 aromatic rings. The van der Waals surface area contributed by atoms with Gasteiger partial charge in [0.05, 0.1) is 12.6 Å². The van der Waals surface area contributed by atoms with E-state index in [-0.39, 0.29) is 53.0 Å². The quantitative estimate of drug-likeness (QED) is 0.124. The van der Waals surface area contributed by atoms with E-state index in [9.17, 15) is 33.6 Å². The molecule has 1 saturated heterocycles. The fourth-order valence-electron chi connectivity index (χ4n) is 12.1. The van der Waals surface area contributed by atoms with E-state index in [2.05, 4.69) is 47.0 Å². The number of hydrogen-bond acceptors (Lipinski definition) is 7. The number of carbonyl (C=O) groups excluding carboxylic acids is 7. The average molecular weight is 828 g/mol. The molecule has 5 N–H and O–H groups in total. The average Bonchev–Trinajstić information content (AvgIpc) is 3.50. The van der Waals surface area contributed by atoms with E-state index in [4.69, 9.17) is 0 Å². The number of nitrogens with zero attached hydrogens (tertiary/aromatic N) is 2. The van der Waals surface area contributed by atoms with Crippen molar-refractivity contribution >= 4 is 41.4 Å². The number of allylic oxidation sites excluding steroid dienone is 1. The second-order valence-corrected chi connectivity index (χ2v) is 19.7. The third-order valence-corrected chi connectivity index (χ3v) is 14.9. The zero-order valence-corrected chi connectivity index (χ0v) is 35.8. The van der Waals surface area contributed by atoms with Crippen molar-refractivity contribution in [3.63, 3.8) is 0 Å². The highest BCUT2D eigenvalue weighted by Gasteiger charge is 2.70. The van der Waals surface area contributed by atoms with E-state index >= 15 is 0 Å². The van der Waals surface area contributed by atoms with Crippen LogP contribution in [0.4, 0.5) is 4.79 Å². The van der Waals surface area contributed by atoms with Crippen molar-refractivity contribution in [3.8, 4) is 0 Å². The van der Waals surface area contributed by atoms with Crippen LogP contribution in [0.1, 0.15) is 109 Å². The Balaban J connectivity index is 1.02. The maximum absolute atomic E-state index is 14.8. The summed E-state index contributed by atoms with van der Waals surface area (Å²) < 4.78 is 0. The molecule has 60 heavy (non-hydrogen) atoms. The lowest BCUT2D eigenvalue weighted by atomic mass is 9.53. The minimum absolute atomic E-state index is 0.0613. The number of amides is 7. The molecule has 6 atom stereocenters. The number of ketones is 1. The minimum Gasteiger partial charge on any atom is -0.347 e. The van der Waals surface area contributed by atoms with Crippen molar-refractivity contribution in [3.05, 3.63) is 48.6 Å². The molecule has 1 unspecified atom stereocenters. The number of Topliss-reactive ketones (excluding diaryl/α,β-unsaturated/α-hetero) is 1. The number of fused-ring (bicyclic) bond motifs is 1. The highest BCUT2D eigenvalue weighted by Crippen LogP contribution is 2.65. The molecule has 1 heterocycles. The summed E-state index contributed by atoms with van der Waals surface area (Å²) in [5.41, 5.74) is 0.111. The van der Waals surface area contributed by atoms with Gasteiger partial charge in [0, 0.05) is 26.2 Å². The highest BCUT2D eigenvalue weighted by atomic mass is 16.2. The molecule has 0 spiro atoms. The van der Waals surface area contributed by atoms with Crippen molar-refractivity contribution in [1.29, 1.82) is 0 Å². The number of rotatable bonds is 16. The summed E-state index contributed by atoms with van der Waals surface area (Å²) in [6.07, 6.45) is 13.3. The SMILES string of the molecule is C=CCCC(NC(=O)[C@@H]1[C@@H]2[C@H](CN1C(=O)[C@@H](NC(=O)NC13CC4CC(CC(C4)C1)C3)C1CCCCC1)C2(C)C)C(=O)C(=O)NCC(=O)N[C@H](C(=O)N(C)C)c1ccccc1. The molecule has 0 aromatic heterocycles. The largest absolute Gasteiger partial charge is 0.347 e. The molecule has 6 saturated carbocycles. The monoisotopic (exact) mass is 827 g/mol. The van der Waals surface area contributed by atoms with Crippen molar-refractivity contribution in [1.82, 2.24) is 36.4 Å². The Morgan fingerprint density at radius 3 is 2.12 bits per heavy atom. The lowest BCUT2D eigenvalue weighted by molar-refractivity contribution is -0.145. The van der Waals surface area contributed by atoms with Gasteiger partial charge in [-0.1, -0.05) is 69.5 Å².